The number of aromatic nitrogens is 1. The molecule has 1 unspecified atom stereocenters. The number of nitrogens with zero attached hydrogens (tertiary/aromatic N) is 2. The molecule has 2 heterocycles. The summed E-state index contributed by atoms with van der Waals surface area (Å²) in [5, 5.41) is 11.7. The maximum absolute atomic E-state index is 12.1. The van der Waals surface area contributed by atoms with Gasteiger partial charge < -0.3 is 15.2 Å². The first-order valence-electron chi connectivity index (χ1n) is 7.31. The molecule has 0 saturated carbocycles. The van der Waals surface area contributed by atoms with Gasteiger partial charge in [-0.05, 0) is 25.3 Å². The Hall–Kier alpha value is -2.29. The quantitative estimate of drug-likeness (QED) is 0.877. The van der Waals surface area contributed by atoms with Crippen molar-refractivity contribution in [3.63, 3.8) is 0 Å². The van der Waals surface area contributed by atoms with E-state index in [-0.39, 0.29) is 17.9 Å². The third-order valence-corrected chi connectivity index (χ3v) is 3.69. The monoisotopic (exact) mass is 288 g/mol. The zero-order valence-corrected chi connectivity index (χ0v) is 12.2. The van der Waals surface area contributed by atoms with Crippen LogP contribution in [0.1, 0.15) is 48.7 Å². The molecule has 1 fully saturated rings. The van der Waals surface area contributed by atoms with Crippen LogP contribution in [0.5, 0.6) is 0 Å². The van der Waals surface area contributed by atoms with Crippen LogP contribution in [0.15, 0.2) is 12.3 Å². The Morgan fingerprint density at radius 1 is 1.57 bits per heavy atom. The highest BCUT2D eigenvalue weighted by molar-refractivity contribution is 5.93. The predicted molar refractivity (Wildman–Crippen MR) is 77.5 cm³/mol. The minimum atomic E-state index is -0.224. The molecule has 1 aliphatic rings. The fourth-order valence-electron chi connectivity index (χ4n) is 2.54. The molecule has 1 atom stereocenters. The van der Waals surface area contributed by atoms with Gasteiger partial charge in [0.25, 0.3) is 5.91 Å². The Morgan fingerprint density at radius 3 is 3.05 bits per heavy atom. The highest BCUT2D eigenvalue weighted by Gasteiger charge is 2.23. The molecule has 2 amide bonds. The van der Waals surface area contributed by atoms with Gasteiger partial charge in [-0.2, -0.15) is 5.26 Å². The first-order chi connectivity index (χ1) is 10.1. The SMILES string of the molecule is CCCN1CCC(NC(=O)c2cc(C#N)c[nH]2)CCC1=O. The van der Waals surface area contributed by atoms with Crippen LogP contribution in [0.3, 0.4) is 0 Å². The number of likely N-dealkylation sites (tertiary alicyclic amines) is 1. The van der Waals surface area contributed by atoms with Crippen molar-refractivity contribution < 1.29 is 9.59 Å². The fourth-order valence-corrected chi connectivity index (χ4v) is 2.54. The first-order valence-corrected chi connectivity index (χ1v) is 7.31. The van der Waals surface area contributed by atoms with Gasteiger partial charge in [0.1, 0.15) is 11.8 Å². The molecule has 0 aromatic carbocycles. The minimum Gasteiger partial charge on any atom is -0.356 e. The molecule has 1 aliphatic heterocycles. The van der Waals surface area contributed by atoms with Crippen molar-refractivity contribution >= 4 is 11.8 Å². The van der Waals surface area contributed by atoms with Crippen LogP contribution in [0.25, 0.3) is 0 Å². The first kappa shape index (κ1) is 15.1. The number of hydrogen-bond acceptors (Lipinski definition) is 3. The Morgan fingerprint density at radius 2 is 2.38 bits per heavy atom. The van der Waals surface area contributed by atoms with Crippen molar-refractivity contribution in [3.05, 3.63) is 23.5 Å². The van der Waals surface area contributed by atoms with E-state index in [0.717, 1.165) is 19.4 Å². The average Bonchev–Trinajstić information content (AvgIpc) is 2.90. The largest absolute Gasteiger partial charge is 0.356 e. The van der Waals surface area contributed by atoms with Gasteiger partial charge in [0.05, 0.1) is 5.56 Å². The highest BCUT2D eigenvalue weighted by atomic mass is 16.2. The van der Waals surface area contributed by atoms with E-state index in [1.165, 1.54) is 12.3 Å². The summed E-state index contributed by atoms with van der Waals surface area (Å²) in [6.07, 6.45) is 4.36. The maximum Gasteiger partial charge on any atom is 0.267 e. The molecule has 1 aromatic rings. The third-order valence-electron chi connectivity index (χ3n) is 3.69. The topological polar surface area (TPSA) is 89.0 Å². The van der Waals surface area contributed by atoms with E-state index in [4.69, 9.17) is 5.26 Å². The number of rotatable bonds is 4. The molecule has 0 spiro atoms. The summed E-state index contributed by atoms with van der Waals surface area (Å²) in [5.41, 5.74) is 0.817. The van der Waals surface area contributed by atoms with E-state index in [1.807, 2.05) is 11.0 Å². The molecule has 6 heteroatoms. The second kappa shape index (κ2) is 6.93. The summed E-state index contributed by atoms with van der Waals surface area (Å²) in [6, 6.07) is 3.50. The van der Waals surface area contributed by atoms with E-state index >= 15 is 0 Å². The van der Waals surface area contributed by atoms with Crippen LogP contribution in [-0.2, 0) is 4.79 Å². The third kappa shape index (κ3) is 3.85. The molecule has 112 valence electrons. The highest BCUT2D eigenvalue weighted by Crippen LogP contribution is 2.13. The van der Waals surface area contributed by atoms with E-state index in [0.29, 0.717) is 30.6 Å². The summed E-state index contributed by atoms with van der Waals surface area (Å²) in [7, 11) is 0. The van der Waals surface area contributed by atoms with Crippen LogP contribution in [-0.4, -0.2) is 40.8 Å². The molecule has 6 nitrogen and oxygen atoms in total. The fraction of sp³-hybridized carbons (Fsp3) is 0.533. The maximum atomic E-state index is 12.1. The van der Waals surface area contributed by atoms with Crippen molar-refractivity contribution in [2.75, 3.05) is 13.1 Å². The molecule has 1 saturated heterocycles. The normalized spacial score (nSPS) is 19.0. The van der Waals surface area contributed by atoms with Crippen molar-refractivity contribution in [3.8, 4) is 6.07 Å². The molecule has 0 radical (unpaired) electrons. The van der Waals surface area contributed by atoms with Crippen LogP contribution < -0.4 is 5.32 Å². The van der Waals surface area contributed by atoms with Gasteiger partial charge in [0.2, 0.25) is 5.91 Å². The Bertz CT molecular complexity index is 558. The Labute approximate surface area is 124 Å². The van der Waals surface area contributed by atoms with Gasteiger partial charge in [-0.1, -0.05) is 6.92 Å². The summed E-state index contributed by atoms with van der Waals surface area (Å²) >= 11 is 0. The van der Waals surface area contributed by atoms with Gasteiger partial charge >= 0.3 is 0 Å². The molecular weight excluding hydrogens is 268 g/mol. The number of nitriles is 1. The Balaban J connectivity index is 1.92. The van der Waals surface area contributed by atoms with Crippen molar-refractivity contribution in [2.24, 2.45) is 0 Å². The minimum absolute atomic E-state index is 0.00265. The number of carbonyl (C=O) groups excluding carboxylic acids is 2. The summed E-state index contributed by atoms with van der Waals surface area (Å²) in [4.78, 5) is 28.7. The zero-order chi connectivity index (χ0) is 15.2. The van der Waals surface area contributed by atoms with Gasteiger partial charge in [-0.3, -0.25) is 9.59 Å². The van der Waals surface area contributed by atoms with E-state index in [9.17, 15) is 9.59 Å². The summed E-state index contributed by atoms with van der Waals surface area (Å²) < 4.78 is 0. The standard InChI is InChI=1S/C15H20N4O2/c1-2-6-19-7-5-12(3-4-14(19)20)18-15(21)13-8-11(9-16)10-17-13/h8,10,12,17H,2-7H2,1H3,(H,18,21). The second-order valence-corrected chi connectivity index (χ2v) is 5.29. The lowest BCUT2D eigenvalue weighted by molar-refractivity contribution is -0.130. The lowest BCUT2D eigenvalue weighted by Gasteiger charge is -2.20. The van der Waals surface area contributed by atoms with Crippen LogP contribution in [0.2, 0.25) is 0 Å². The van der Waals surface area contributed by atoms with E-state index in [2.05, 4.69) is 17.2 Å². The van der Waals surface area contributed by atoms with E-state index in [1.54, 1.807) is 0 Å². The van der Waals surface area contributed by atoms with Crippen LogP contribution in [0, 0.1) is 11.3 Å². The van der Waals surface area contributed by atoms with Gasteiger partial charge in [0, 0.05) is 31.7 Å². The number of carbonyl (C=O) groups is 2. The van der Waals surface area contributed by atoms with Crippen molar-refractivity contribution in [2.45, 2.75) is 38.6 Å². The van der Waals surface area contributed by atoms with Crippen molar-refractivity contribution in [1.29, 1.82) is 5.26 Å². The average molecular weight is 288 g/mol. The molecule has 2 N–H and O–H groups in total. The molecule has 0 bridgehead atoms. The smallest absolute Gasteiger partial charge is 0.267 e. The second-order valence-electron chi connectivity index (χ2n) is 5.29. The number of aromatic amines is 1. The number of H-pyrrole nitrogens is 1. The molecule has 2 rings (SSSR count). The van der Waals surface area contributed by atoms with E-state index < -0.39 is 0 Å². The molecule has 0 aliphatic carbocycles. The summed E-state index contributed by atoms with van der Waals surface area (Å²) in [6.45, 7) is 3.52. The van der Waals surface area contributed by atoms with Crippen LogP contribution in [0.4, 0.5) is 0 Å². The molecular formula is C15H20N4O2. The molecule has 21 heavy (non-hydrogen) atoms. The lowest BCUT2D eigenvalue weighted by Crippen LogP contribution is -2.36. The zero-order valence-electron chi connectivity index (χ0n) is 12.2. The number of nitrogens with one attached hydrogen (secondary N) is 2. The van der Waals surface area contributed by atoms with Gasteiger partial charge in [0.15, 0.2) is 0 Å². The van der Waals surface area contributed by atoms with Crippen molar-refractivity contribution in [1.82, 2.24) is 15.2 Å². The predicted octanol–water partition coefficient (Wildman–Crippen LogP) is 1.41. The Kier molecular flexibility index (Phi) is 4.99. The number of amides is 2. The summed E-state index contributed by atoms with van der Waals surface area (Å²) in [5.74, 6) is -0.0573. The van der Waals surface area contributed by atoms with Crippen LogP contribution >= 0.6 is 0 Å². The lowest BCUT2D eigenvalue weighted by atomic mass is 10.1. The number of hydrogen-bond donors (Lipinski definition) is 2. The molecule has 1 aromatic heterocycles. The van der Waals surface area contributed by atoms with Gasteiger partial charge in [-0.25, -0.2) is 0 Å². The van der Waals surface area contributed by atoms with Gasteiger partial charge in [-0.15, -0.1) is 0 Å².